The number of halogens is 3. The van der Waals surface area contributed by atoms with E-state index in [1.807, 2.05) is 0 Å². The van der Waals surface area contributed by atoms with Crippen LogP contribution in [0.3, 0.4) is 0 Å². The zero-order valence-corrected chi connectivity index (χ0v) is 12.9. The molecule has 23 heavy (non-hydrogen) atoms. The van der Waals surface area contributed by atoms with E-state index in [0.717, 1.165) is 7.11 Å². The molecule has 2 heterocycles. The van der Waals surface area contributed by atoms with Crippen LogP contribution in [-0.4, -0.2) is 62.3 Å². The van der Waals surface area contributed by atoms with E-state index in [1.54, 1.807) is 6.92 Å². The summed E-state index contributed by atoms with van der Waals surface area (Å²) in [5.74, 6) is -1.89. The Bertz CT molecular complexity index is 598. The molecule has 0 N–H and O–H groups in total. The number of carbonyl (C=O) groups is 1. The van der Waals surface area contributed by atoms with Crippen LogP contribution in [0.1, 0.15) is 30.3 Å². The fourth-order valence-electron chi connectivity index (χ4n) is 3.39. The van der Waals surface area contributed by atoms with Gasteiger partial charge in [0.15, 0.2) is 5.78 Å². The summed E-state index contributed by atoms with van der Waals surface area (Å²) in [5, 5.41) is 0. The fourth-order valence-corrected chi connectivity index (χ4v) is 3.39. The molecule has 1 saturated carbocycles. The van der Waals surface area contributed by atoms with Gasteiger partial charge in [-0.25, -0.2) is 0 Å². The van der Waals surface area contributed by atoms with Crippen LogP contribution in [0.4, 0.5) is 13.2 Å². The van der Waals surface area contributed by atoms with Crippen molar-refractivity contribution in [3.63, 3.8) is 0 Å². The Morgan fingerprint density at radius 1 is 1.52 bits per heavy atom. The number of methoxy groups -OCH3 is 1. The van der Waals surface area contributed by atoms with Crippen LogP contribution in [0.15, 0.2) is 0 Å². The number of hydrogen-bond acceptors (Lipinski definition) is 5. The monoisotopic (exact) mass is 341 g/mol. The number of hydrogen-bond donors (Lipinski definition) is 0. The van der Waals surface area contributed by atoms with Gasteiger partial charge < -0.3 is 18.9 Å². The zero-order chi connectivity index (χ0) is 19.6. The summed E-state index contributed by atoms with van der Waals surface area (Å²) < 4.78 is 81.6. The summed E-state index contributed by atoms with van der Waals surface area (Å²) in [6, 6.07) is 0. The molecule has 132 valence electrons. The molecular formula is C15H21F3O5. The van der Waals surface area contributed by atoms with E-state index >= 15 is 0 Å². The zero-order valence-electron chi connectivity index (χ0n) is 15.9. The van der Waals surface area contributed by atoms with Crippen molar-refractivity contribution < 1.29 is 41.0 Å². The lowest BCUT2D eigenvalue weighted by molar-refractivity contribution is -0.174. The molecule has 3 rings (SSSR count). The third kappa shape index (κ3) is 3.26. The highest BCUT2D eigenvalue weighted by atomic mass is 19.4. The molecule has 5 atom stereocenters. The van der Waals surface area contributed by atoms with Crippen LogP contribution in [-0.2, 0) is 23.7 Å². The SMILES string of the molecule is [2H]C1([2H])C[C@]2(CO2)[C@@H]([C@@]2(C)O[C@@H]2CCOCC(F)(F)F)[C@]([2H])(OC)C1=O. The van der Waals surface area contributed by atoms with Gasteiger partial charge in [-0.2, -0.15) is 13.2 Å². The quantitative estimate of drug-likeness (QED) is 0.545. The highest BCUT2D eigenvalue weighted by Gasteiger charge is 2.71. The van der Waals surface area contributed by atoms with Gasteiger partial charge in [-0.3, -0.25) is 4.79 Å². The van der Waals surface area contributed by atoms with Crippen LogP contribution >= 0.6 is 0 Å². The summed E-state index contributed by atoms with van der Waals surface area (Å²) in [6.07, 6.45) is -9.45. The normalized spacial score (nSPS) is 50.3. The van der Waals surface area contributed by atoms with Gasteiger partial charge >= 0.3 is 6.18 Å². The van der Waals surface area contributed by atoms with E-state index < -0.39 is 54.2 Å². The predicted octanol–water partition coefficient (Wildman–Crippen LogP) is 1.88. The third-order valence-corrected chi connectivity index (χ3v) is 4.64. The van der Waals surface area contributed by atoms with Crippen LogP contribution in [0.2, 0.25) is 0 Å². The second kappa shape index (κ2) is 5.68. The van der Waals surface area contributed by atoms with Gasteiger partial charge in [0.05, 0.1) is 20.0 Å². The number of alkyl halides is 3. The lowest BCUT2D eigenvalue weighted by Crippen LogP contribution is -2.53. The molecule has 0 bridgehead atoms. The lowest BCUT2D eigenvalue weighted by Gasteiger charge is -2.37. The van der Waals surface area contributed by atoms with Crippen LogP contribution in [0.25, 0.3) is 0 Å². The summed E-state index contributed by atoms with van der Waals surface area (Å²) in [7, 11) is 1.16. The maximum absolute atomic E-state index is 12.5. The van der Waals surface area contributed by atoms with E-state index in [0.29, 0.717) is 0 Å². The topological polar surface area (TPSA) is 60.6 Å². The van der Waals surface area contributed by atoms with Crippen LogP contribution in [0.5, 0.6) is 0 Å². The van der Waals surface area contributed by atoms with Gasteiger partial charge in [-0.1, -0.05) is 0 Å². The third-order valence-electron chi connectivity index (χ3n) is 4.64. The van der Waals surface area contributed by atoms with Crippen LogP contribution < -0.4 is 0 Å². The lowest BCUT2D eigenvalue weighted by atomic mass is 9.69. The Kier molecular flexibility index (Phi) is 3.35. The average molecular weight is 341 g/mol. The van der Waals surface area contributed by atoms with Crippen molar-refractivity contribution in [2.45, 2.75) is 55.7 Å². The van der Waals surface area contributed by atoms with Crippen molar-refractivity contribution in [3.05, 3.63) is 0 Å². The molecule has 0 radical (unpaired) electrons. The van der Waals surface area contributed by atoms with Crippen molar-refractivity contribution >= 4 is 5.78 Å². The number of epoxide rings is 2. The molecule has 2 aliphatic heterocycles. The molecule has 0 aromatic rings. The Morgan fingerprint density at radius 3 is 2.78 bits per heavy atom. The van der Waals surface area contributed by atoms with E-state index in [-0.39, 0.29) is 26.1 Å². The molecule has 3 aliphatic rings. The summed E-state index contributed by atoms with van der Waals surface area (Å²) >= 11 is 0. The first-order valence-electron chi connectivity index (χ1n) is 8.87. The summed E-state index contributed by atoms with van der Waals surface area (Å²) in [5.41, 5.74) is -2.09. The Hall–Kier alpha value is -0.700. The van der Waals surface area contributed by atoms with Gasteiger partial charge in [0.1, 0.15) is 23.9 Å². The van der Waals surface area contributed by atoms with Crippen molar-refractivity contribution in [1.82, 2.24) is 0 Å². The first-order valence-corrected chi connectivity index (χ1v) is 7.37. The first kappa shape index (κ1) is 13.6. The molecular weight excluding hydrogens is 317 g/mol. The molecule has 0 aromatic carbocycles. The second-order valence-electron chi connectivity index (χ2n) is 6.28. The highest BCUT2D eigenvalue weighted by molar-refractivity contribution is 5.85. The summed E-state index contributed by atoms with van der Waals surface area (Å²) in [4.78, 5) is 12.5. The maximum atomic E-state index is 12.5. The largest absolute Gasteiger partial charge is 0.411 e. The number of rotatable bonds is 6. The number of carbonyl (C=O) groups excluding carboxylic acids is 1. The number of ketones is 1. The molecule has 5 nitrogen and oxygen atoms in total. The van der Waals surface area contributed by atoms with Crippen molar-refractivity contribution in [3.8, 4) is 0 Å². The minimum atomic E-state index is -4.41. The van der Waals surface area contributed by atoms with Gasteiger partial charge in [0.25, 0.3) is 0 Å². The van der Waals surface area contributed by atoms with Crippen molar-refractivity contribution in [1.29, 1.82) is 0 Å². The van der Waals surface area contributed by atoms with Gasteiger partial charge in [-0.15, -0.1) is 0 Å². The average Bonchev–Trinajstić information content (AvgIpc) is 3.40. The van der Waals surface area contributed by atoms with Gasteiger partial charge in [0, 0.05) is 22.8 Å². The van der Waals surface area contributed by atoms with Crippen LogP contribution in [0, 0.1) is 5.92 Å². The second-order valence-corrected chi connectivity index (χ2v) is 6.28. The number of Topliss-reactive ketones (excluding diaryl/α,β-unsaturated/α-hetero) is 1. The van der Waals surface area contributed by atoms with E-state index in [1.165, 1.54) is 0 Å². The minimum absolute atomic E-state index is 0.153. The number of ether oxygens (including phenoxy) is 4. The van der Waals surface area contributed by atoms with E-state index in [2.05, 4.69) is 4.74 Å². The van der Waals surface area contributed by atoms with E-state index in [4.69, 9.17) is 18.3 Å². The van der Waals surface area contributed by atoms with Crippen molar-refractivity contribution in [2.24, 2.45) is 5.92 Å². The standard InChI is InChI=1S/C15H21F3O5/c1-13(10(23-13)4-6-21-8-15(16,17)18)12-11(20-2)9(19)3-5-14(12)7-22-14/h10-12H,3-8H2,1-2H3/t10-,11-,12-,13+,14+/m1/s1/i3D2,11D. The van der Waals surface area contributed by atoms with Crippen molar-refractivity contribution in [2.75, 3.05) is 26.9 Å². The molecule has 1 aliphatic carbocycles. The Labute approximate surface area is 136 Å². The predicted molar refractivity (Wildman–Crippen MR) is 72.0 cm³/mol. The van der Waals surface area contributed by atoms with Gasteiger partial charge in [-0.05, 0) is 19.8 Å². The smallest absolute Gasteiger partial charge is 0.373 e. The molecule has 1 spiro atoms. The van der Waals surface area contributed by atoms with E-state index in [9.17, 15) is 18.0 Å². The molecule has 0 amide bonds. The molecule has 8 heteroatoms. The Morgan fingerprint density at radius 2 is 2.22 bits per heavy atom. The molecule has 0 unspecified atom stereocenters. The first-order chi connectivity index (χ1) is 11.8. The molecule has 2 saturated heterocycles. The fraction of sp³-hybridized carbons (Fsp3) is 0.933. The Balaban J connectivity index is 1.72. The maximum Gasteiger partial charge on any atom is 0.411 e. The minimum Gasteiger partial charge on any atom is -0.373 e. The summed E-state index contributed by atoms with van der Waals surface area (Å²) in [6.45, 7) is 0.274. The van der Waals surface area contributed by atoms with Gasteiger partial charge in [0.2, 0.25) is 0 Å². The molecule has 3 fully saturated rings. The molecule has 0 aromatic heterocycles. The highest BCUT2D eigenvalue weighted by Crippen LogP contribution is 2.58.